The van der Waals surface area contributed by atoms with Crippen LogP contribution in [0.1, 0.15) is 30.3 Å². The highest BCUT2D eigenvalue weighted by Gasteiger charge is 2.36. The van der Waals surface area contributed by atoms with Crippen molar-refractivity contribution in [2.45, 2.75) is 24.9 Å². The number of aromatic nitrogens is 2. The van der Waals surface area contributed by atoms with Gasteiger partial charge in [-0.15, -0.1) is 0 Å². The zero-order chi connectivity index (χ0) is 11.1. The van der Waals surface area contributed by atoms with Gasteiger partial charge in [0.25, 0.3) is 0 Å². The van der Waals surface area contributed by atoms with Crippen molar-refractivity contribution in [3.8, 4) is 0 Å². The number of halogens is 3. The van der Waals surface area contributed by atoms with E-state index in [-0.39, 0.29) is 17.6 Å². The van der Waals surface area contributed by atoms with E-state index in [4.69, 9.17) is 0 Å². The van der Waals surface area contributed by atoms with Gasteiger partial charge in [-0.25, -0.2) is 9.97 Å². The Balaban J connectivity index is 2.41. The van der Waals surface area contributed by atoms with Crippen molar-refractivity contribution in [1.29, 1.82) is 0 Å². The van der Waals surface area contributed by atoms with E-state index in [9.17, 15) is 13.2 Å². The average molecular weight is 235 g/mol. The number of nitrogens with one attached hydrogen (secondary N) is 1. The summed E-state index contributed by atoms with van der Waals surface area (Å²) in [4.78, 5) is 7.43. The molecular formula is C8H8F3N3S. The maximum absolute atomic E-state index is 12.4. The predicted octanol–water partition coefficient (Wildman–Crippen LogP) is 2.63. The Morgan fingerprint density at radius 1 is 1.33 bits per heavy atom. The van der Waals surface area contributed by atoms with Crippen molar-refractivity contribution in [2.75, 3.05) is 4.72 Å². The number of nitrogens with zero attached hydrogens (tertiary/aromatic N) is 2. The van der Waals surface area contributed by atoms with E-state index >= 15 is 0 Å². The summed E-state index contributed by atoms with van der Waals surface area (Å²) in [5, 5.41) is 0. The molecular weight excluding hydrogens is 227 g/mol. The lowest BCUT2D eigenvalue weighted by atomic mass is 10.3. The lowest BCUT2D eigenvalue weighted by Crippen LogP contribution is -2.11. The van der Waals surface area contributed by atoms with E-state index in [1.165, 1.54) is 0 Å². The average Bonchev–Trinajstić information content (AvgIpc) is 2.99. The highest BCUT2D eigenvalue weighted by atomic mass is 32.1. The minimum Gasteiger partial charge on any atom is -0.317 e. The van der Waals surface area contributed by atoms with E-state index in [1.807, 2.05) is 0 Å². The first-order chi connectivity index (χ1) is 7.00. The molecule has 7 heteroatoms. The van der Waals surface area contributed by atoms with Gasteiger partial charge in [0.1, 0.15) is 17.3 Å². The third kappa shape index (κ3) is 2.34. The van der Waals surface area contributed by atoms with Crippen LogP contribution in [0.2, 0.25) is 0 Å². The summed E-state index contributed by atoms with van der Waals surface area (Å²) in [6.07, 6.45) is -2.73. The molecule has 0 saturated heterocycles. The molecule has 1 N–H and O–H groups in total. The Labute approximate surface area is 89.7 Å². The molecule has 0 unspecified atom stereocenters. The lowest BCUT2D eigenvalue weighted by molar-refractivity contribution is -0.141. The number of hydrogen-bond donors (Lipinski definition) is 2. The highest BCUT2D eigenvalue weighted by Crippen LogP contribution is 2.39. The highest BCUT2D eigenvalue weighted by molar-refractivity contribution is 7.81. The molecule has 1 aromatic rings. The Morgan fingerprint density at radius 3 is 2.47 bits per heavy atom. The van der Waals surface area contributed by atoms with Gasteiger partial charge in [0.2, 0.25) is 0 Å². The second-order valence-electron chi connectivity index (χ2n) is 3.38. The van der Waals surface area contributed by atoms with Gasteiger partial charge in [0, 0.05) is 12.0 Å². The number of alkyl halides is 3. The van der Waals surface area contributed by atoms with Crippen LogP contribution in [-0.2, 0) is 6.18 Å². The number of hydrogen-bond acceptors (Lipinski definition) is 4. The maximum atomic E-state index is 12.4. The molecule has 1 aliphatic carbocycles. The van der Waals surface area contributed by atoms with Crippen molar-refractivity contribution in [3.05, 3.63) is 17.6 Å². The summed E-state index contributed by atoms with van der Waals surface area (Å²) >= 11 is 3.68. The third-order valence-electron chi connectivity index (χ3n) is 2.09. The fraction of sp³-hybridized carbons (Fsp3) is 0.500. The van der Waals surface area contributed by atoms with Crippen LogP contribution >= 0.6 is 12.8 Å². The Morgan fingerprint density at radius 2 is 2.00 bits per heavy atom. The first-order valence-electron chi connectivity index (χ1n) is 4.37. The number of anilines is 1. The maximum Gasteiger partial charge on any atom is 0.433 e. The van der Waals surface area contributed by atoms with Gasteiger partial charge in [0.05, 0.1) is 0 Å². The first-order valence-corrected chi connectivity index (χ1v) is 4.81. The summed E-state index contributed by atoms with van der Waals surface area (Å²) in [6, 6.07) is 0.846. The van der Waals surface area contributed by atoms with E-state index in [2.05, 4.69) is 27.5 Å². The van der Waals surface area contributed by atoms with Crippen LogP contribution in [-0.4, -0.2) is 9.97 Å². The molecule has 0 aromatic carbocycles. The molecule has 1 aromatic heterocycles. The van der Waals surface area contributed by atoms with Crippen LogP contribution in [0.5, 0.6) is 0 Å². The monoisotopic (exact) mass is 235 g/mol. The van der Waals surface area contributed by atoms with Crippen molar-refractivity contribution in [2.24, 2.45) is 0 Å². The number of rotatable bonds is 2. The van der Waals surface area contributed by atoms with E-state index in [0.717, 1.165) is 18.9 Å². The molecule has 15 heavy (non-hydrogen) atoms. The SMILES string of the molecule is FC(F)(F)c1cc(NS)nc(C2CC2)n1. The smallest absolute Gasteiger partial charge is 0.317 e. The summed E-state index contributed by atoms with van der Waals surface area (Å²) in [6.45, 7) is 0. The molecule has 3 nitrogen and oxygen atoms in total. The summed E-state index contributed by atoms with van der Waals surface area (Å²) in [7, 11) is 0. The fourth-order valence-corrected chi connectivity index (χ4v) is 1.31. The molecule has 1 heterocycles. The van der Waals surface area contributed by atoms with Crippen LogP contribution in [0.25, 0.3) is 0 Å². The van der Waals surface area contributed by atoms with Crippen LogP contribution in [0.3, 0.4) is 0 Å². The zero-order valence-corrected chi connectivity index (χ0v) is 8.44. The minimum atomic E-state index is -4.44. The third-order valence-corrected chi connectivity index (χ3v) is 2.32. The lowest BCUT2D eigenvalue weighted by Gasteiger charge is -2.09. The topological polar surface area (TPSA) is 37.8 Å². The molecule has 2 rings (SSSR count). The summed E-state index contributed by atoms with van der Waals surface area (Å²) in [5.74, 6) is 0.414. The van der Waals surface area contributed by atoms with Gasteiger partial charge >= 0.3 is 6.18 Å². The fourth-order valence-electron chi connectivity index (χ4n) is 1.19. The minimum absolute atomic E-state index is 0.0766. The Kier molecular flexibility index (Phi) is 2.49. The van der Waals surface area contributed by atoms with Crippen molar-refractivity contribution < 1.29 is 13.2 Å². The molecule has 1 fully saturated rings. The second-order valence-corrected chi connectivity index (χ2v) is 3.60. The largest absolute Gasteiger partial charge is 0.433 e. The second kappa shape index (κ2) is 3.55. The van der Waals surface area contributed by atoms with Crippen molar-refractivity contribution >= 4 is 18.6 Å². The normalized spacial score (nSPS) is 16.5. The molecule has 0 aliphatic heterocycles. The van der Waals surface area contributed by atoms with E-state index in [0.29, 0.717) is 0 Å². The predicted molar refractivity (Wildman–Crippen MR) is 51.6 cm³/mol. The Hall–Kier alpha value is -0.980. The molecule has 0 atom stereocenters. The van der Waals surface area contributed by atoms with Gasteiger partial charge < -0.3 is 4.72 Å². The standard InChI is InChI=1S/C8H8F3N3S/c9-8(10,11)5-3-6(14-15)13-7(12-5)4-1-2-4/h3-4,15H,1-2H2,(H,12,13,14). The van der Waals surface area contributed by atoms with Gasteiger partial charge in [-0.3, -0.25) is 0 Å². The van der Waals surface area contributed by atoms with E-state index < -0.39 is 11.9 Å². The molecule has 0 spiro atoms. The van der Waals surface area contributed by atoms with Crippen LogP contribution in [0, 0.1) is 0 Å². The van der Waals surface area contributed by atoms with E-state index in [1.54, 1.807) is 0 Å². The van der Waals surface area contributed by atoms with Crippen LogP contribution < -0.4 is 4.72 Å². The van der Waals surface area contributed by atoms with Gasteiger partial charge in [-0.05, 0) is 12.8 Å². The first kappa shape index (κ1) is 10.5. The summed E-state index contributed by atoms with van der Waals surface area (Å²) in [5.41, 5.74) is -0.920. The van der Waals surface area contributed by atoms with Crippen molar-refractivity contribution in [3.63, 3.8) is 0 Å². The van der Waals surface area contributed by atoms with Crippen LogP contribution in [0.4, 0.5) is 19.0 Å². The molecule has 1 aliphatic rings. The van der Waals surface area contributed by atoms with Gasteiger partial charge in [0.15, 0.2) is 0 Å². The molecule has 0 radical (unpaired) electrons. The van der Waals surface area contributed by atoms with Crippen molar-refractivity contribution in [1.82, 2.24) is 9.97 Å². The van der Waals surface area contributed by atoms with Gasteiger partial charge in [-0.1, -0.05) is 12.8 Å². The Bertz CT molecular complexity index is 376. The van der Waals surface area contributed by atoms with Gasteiger partial charge in [-0.2, -0.15) is 13.2 Å². The number of thiol groups is 1. The summed E-state index contributed by atoms with van der Waals surface area (Å²) < 4.78 is 39.6. The molecule has 0 bridgehead atoms. The zero-order valence-electron chi connectivity index (χ0n) is 7.54. The molecule has 82 valence electrons. The quantitative estimate of drug-likeness (QED) is 0.774. The molecule has 1 saturated carbocycles. The molecule has 0 amide bonds. The van der Waals surface area contributed by atoms with Crippen LogP contribution in [0.15, 0.2) is 6.07 Å².